The molecule has 0 atom stereocenters. The highest BCUT2D eigenvalue weighted by Gasteiger charge is 2.08. The number of aliphatic imine (C=N–C) groups is 1. The fraction of sp³-hybridized carbons (Fsp3) is 0.500. The Hall–Kier alpha value is 0.130. The highest BCUT2D eigenvalue weighted by atomic mass is 32.2. The molecule has 0 aromatic heterocycles. The summed E-state index contributed by atoms with van der Waals surface area (Å²) in [6.07, 6.45) is 0. The first-order valence-corrected chi connectivity index (χ1v) is 2.90. The van der Waals surface area contributed by atoms with E-state index in [4.69, 9.17) is 5.73 Å². The van der Waals surface area contributed by atoms with E-state index in [0.717, 1.165) is 0 Å². The van der Waals surface area contributed by atoms with Crippen LogP contribution in [0.2, 0.25) is 0 Å². The van der Waals surface area contributed by atoms with Gasteiger partial charge in [-0.25, -0.2) is 4.99 Å². The molecule has 2 N–H and O–H groups in total. The van der Waals surface area contributed by atoms with E-state index < -0.39 is 0 Å². The topological polar surface area (TPSA) is 41.6 Å². The molecule has 0 saturated carbocycles. The minimum atomic E-state index is 0.593. The van der Waals surface area contributed by atoms with Gasteiger partial charge in [0.15, 0.2) is 5.17 Å². The van der Waals surface area contributed by atoms with E-state index in [1.807, 2.05) is 0 Å². The number of thiol groups is 1. The van der Waals surface area contributed by atoms with Crippen molar-refractivity contribution < 1.29 is 0 Å². The second kappa shape index (κ2) is 1.94. The highest BCUT2D eigenvalue weighted by molar-refractivity contribution is 8.17. The molecule has 0 saturated heterocycles. The minimum absolute atomic E-state index is 0.593. The van der Waals surface area contributed by atoms with Gasteiger partial charge in [0, 0.05) is 11.9 Å². The lowest BCUT2D eigenvalue weighted by atomic mass is 11.1. The van der Waals surface area contributed by atoms with Gasteiger partial charge < -0.3 is 5.73 Å². The molecule has 1 aliphatic heterocycles. The van der Waals surface area contributed by atoms with Gasteiger partial charge in [0.1, 0.15) is 6.67 Å². The van der Waals surface area contributed by atoms with Crippen LogP contribution >= 0.6 is 24.8 Å². The molecule has 0 aromatic rings. The first-order chi connectivity index (χ1) is 3.29. The van der Waals surface area contributed by atoms with Crippen molar-refractivity contribution in [3.05, 3.63) is 0 Å². The molecule has 0 fully saturated rings. The van der Waals surface area contributed by atoms with Gasteiger partial charge in [0.25, 0.3) is 0 Å². The second-order valence-electron chi connectivity index (χ2n) is 1.08. The Kier molecular flexibility index (Phi) is 1.46. The number of nitrogens with two attached hydrogens (primary N) is 1. The van der Waals surface area contributed by atoms with Crippen molar-refractivity contribution in [1.29, 1.82) is 0 Å². The zero-order valence-corrected chi connectivity index (χ0v) is 5.25. The predicted molar refractivity (Wildman–Crippen MR) is 34.9 cm³/mol. The summed E-state index contributed by atoms with van der Waals surface area (Å²) >= 11 is 5.30. The Morgan fingerprint density at radius 1 is 2.00 bits per heavy atom. The first-order valence-electron chi connectivity index (χ1n) is 1.73. The molecule has 7 heavy (non-hydrogen) atoms. The minimum Gasteiger partial charge on any atom is -0.377 e. The number of nitrogens with zero attached hydrogens (tertiary/aromatic N) is 2. The third-order valence-corrected chi connectivity index (χ3v) is 1.56. The molecule has 0 bridgehead atoms. The molecule has 40 valence electrons. The van der Waals surface area contributed by atoms with E-state index in [1.165, 1.54) is 11.9 Å². The molecule has 5 heteroatoms. The summed E-state index contributed by atoms with van der Waals surface area (Å²) in [6, 6.07) is 0. The van der Waals surface area contributed by atoms with Gasteiger partial charge in [-0.1, -0.05) is 12.8 Å². The number of amidine groups is 1. The lowest BCUT2D eigenvalue weighted by molar-refractivity contribution is 0.794. The SMILES string of the molecule is NC1=NCN(S)S1. The zero-order chi connectivity index (χ0) is 5.28. The molecule has 1 aliphatic rings. The van der Waals surface area contributed by atoms with Gasteiger partial charge >= 0.3 is 0 Å². The third-order valence-electron chi connectivity index (χ3n) is 0.546. The molecule has 0 radical (unpaired) electrons. The van der Waals surface area contributed by atoms with Crippen LogP contribution in [-0.2, 0) is 0 Å². The summed E-state index contributed by atoms with van der Waals surface area (Å²) in [5, 5.41) is 0.593. The molecule has 0 aromatic carbocycles. The van der Waals surface area contributed by atoms with Crippen molar-refractivity contribution in [3.8, 4) is 0 Å². The number of hydrogen-bond donors (Lipinski definition) is 2. The molecular formula is C2H5N3S2. The lowest BCUT2D eigenvalue weighted by Gasteiger charge is -1.96. The molecule has 0 aliphatic carbocycles. The summed E-state index contributed by atoms with van der Waals surface area (Å²) in [6.45, 7) is 0.597. The van der Waals surface area contributed by atoms with E-state index in [0.29, 0.717) is 11.8 Å². The van der Waals surface area contributed by atoms with Crippen LogP contribution in [0.25, 0.3) is 0 Å². The Labute approximate surface area is 51.6 Å². The molecule has 0 spiro atoms. The van der Waals surface area contributed by atoms with Crippen LogP contribution in [-0.4, -0.2) is 15.5 Å². The van der Waals surface area contributed by atoms with Gasteiger partial charge in [-0.05, 0) is 0 Å². The van der Waals surface area contributed by atoms with Crippen molar-refractivity contribution in [2.75, 3.05) is 6.67 Å². The average Bonchev–Trinajstić information content (AvgIpc) is 1.87. The van der Waals surface area contributed by atoms with Gasteiger partial charge in [0.2, 0.25) is 0 Å². The molecule has 0 unspecified atom stereocenters. The summed E-state index contributed by atoms with van der Waals surface area (Å²) in [5.41, 5.74) is 5.25. The van der Waals surface area contributed by atoms with Gasteiger partial charge in [-0.15, -0.1) is 0 Å². The number of rotatable bonds is 0. The van der Waals surface area contributed by atoms with Crippen LogP contribution in [0, 0.1) is 0 Å². The number of hydrogen-bond acceptors (Lipinski definition) is 5. The third kappa shape index (κ3) is 1.25. The van der Waals surface area contributed by atoms with Crippen LogP contribution in [0.4, 0.5) is 0 Å². The van der Waals surface area contributed by atoms with Crippen molar-refractivity contribution in [2.45, 2.75) is 0 Å². The van der Waals surface area contributed by atoms with E-state index in [1.54, 1.807) is 3.71 Å². The summed E-state index contributed by atoms with van der Waals surface area (Å²) in [4.78, 5) is 3.82. The van der Waals surface area contributed by atoms with Gasteiger partial charge in [0.05, 0.1) is 0 Å². The van der Waals surface area contributed by atoms with E-state index in [9.17, 15) is 0 Å². The van der Waals surface area contributed by atoms with E-state index in [2.05, 4.69) is 17.8 Å². The summed E-state index contributed by atoms with van der Waals surface area (Å²) in [5.74, 6) is 0. The molecule has 0 amide bonds. The van der Waals surface area contributed by atoms with Crippen molar-refractivity contribution in [2.24, 2.45) is 10.7 Å². The summed E-state index contributed by atoms with van der Waals surface area (Å²) < 4.78 is 1.66. The fourth-order valence-electron chi connectivity index (χ4n) is 0.296. The second-order valence-corrected chi connectivity index (χ2v) is 2.88. The summed E-state index contributed by atoms with van der Waals surface area (Å²) in [7, 11) is 0. The quantitative estimate of drug-likeness (QED) is 0.365. The Morgan fingerprint density at radius 2 is 2.71 bits per heavy atom. The molecular weight excluding hydrogens is 130 g/mol. The van der Waals surface area contributed by atoms with Gasteiger partial charge in [-0.3, -0.25) is 0 Å². The van der Waals surface area contributed by atoms with Crippen LogP contribution in [0.5, 0.6) is 0 Å². The predicted octanol–water partition coefficient (Wildman–Crippen LogP) is 0.0672. The van der Waals surface area contributed by atoms with Crippen LogP contribution < -0.4 is 5.73 Å². The van der Waals surface area contributed by atoms with Crippen molar-refractivity contribution >= 4 is 29.9 Å². The van der Waals surface area contributed by atoms with Crippen molar-refractivity contribution in [3.63, 3.8) is 0 Å². The molecule has 3 nitrogen and oxygen atoms in total. The largest absolute Gasteiger partial charge is 0.377 e. The molecule has 1 rings (SSSR count). The van der Waals surface area contributed by atoms with E-state index in [-0.39, 0.29) is 0 Å². The Bertz CT molecular complexity index is 101. The van der Waals surface area contributed by atoms with Crippen molar-refractivity contribution in [1.82, 2.24) is 3.71 Å². The Morgan fingerprint density at radius 3 is 2.86 bits per heavy atom. The van der Waals surface area contributed by atoms with Crippen LogP contribution in [0.15, 0.2) is 4.99 Å². The van der Waals surface area contributed by atoms with E-state index >= 15 is 0 Å². The normalized spacial score (nSPS) is 22.7. The first kappa shape index (κ1) is 5.27. The Balaban J connectivity index is 2.42. The van der Waals surface area contributed by atoms with Gasteiger partial charge in [-0.2, -0.15) is 3.71 Å². The lowest BCUT2D eigenvalue weighted by Crippen LogP contribution is -2.03. The molecule has 1 heterocycles. The van der Waals surface area contributed by atoms with Crippen LogP contribution in [0.1, 0.15) is 0 Å². The maximum Gasteiger partial charge on any atom is 0.171 e. The standard InChI is InChI=1S/C2H5N3S2/c3-2-4-1-5(6)7-2/h6H,1H2,(H2,3,4). The van der Waals surface area contributed by atoms with Crippen LogP contribution in [0.3, 0.4) is 0 Å². The maximum atomic E-state index is 5.25. The smallest absolute Gasteiger partial charge is 0.171 e. The highest BCUT2D eigenvalue weighted by Crippen LogP contribution is 2.17. The fourth-order valence-corrected chi connectivity index (χ4v) is 1.06. The average molecular weight is 135 g/mol. The monoisotopic (exact) mass is 135 g/mol. The maximum absolute atomic E-state index is 5.25. The zero-order valence-electron chi connectivity index (χ0n) is 3.53.